The van der Waals surface area contributed by atoms with Crippen molar-refractivity contribution in [3.8, 4) is 5.75 Å². The lowest BCUT2D eigenvalue weighted by atomic mass is 9.84. The third-order valence-electron chi connectivity index (χ3n) is 3.05. The standard InChI is InChI=1S/C12H15BrO.BrH/c13-11-8-10(6-7-12(11)14)9-4-2-1-3-5-9;/h6-9,14H,1-5H2;1H. The molecule has 1 aromatic carbocycles. The molecule has 0 unspecified atom stereocenters. The maximum Gasteiger partial charge on any atom is 0.129 e. The Morgan fingerprint density at radius 2 is 1.80 bits per heavy atom. The van der Waals surface area contributed by atoms with E-state index >= 15 is 0 Å². The minimum Gasteiger partial charge on any atom is -0.507 e. The summed E-state index contributed by atoms with van der Waals surface area (Å²) in [6.45, 7) is 0. The van der Waals surface area contributed by atoms with Gasteiger partial charge in [0.25, 0.3) is 0 Å². The first kappa shape index (κ1) is 13.0. The molecule has 1 aliphatic rings. The van der Waals surface area contributed by atoms with Crippen molar-refractivity contribution in [3.05, 3.63) is 28.2 Å². The number of hydrogen-bond acceptors (Lipinski definition) is 1. The van der Waals surface area contributed by atoms with Gasteiger partial charge in [0.05, 0.1) is 4.47 Å². The number of halogens is 2. The second-order valence-corrected chi connectivity index (χ2v) is 4.90. The van der Waals surface area contributed by atoms with Crippen LogP contribution < -0.4 is 0 Å². The van der Waals surface area contributed by atoms with Gasteiger partial charge in [-0.1, -0.05) is 25.3 Å². The zero-order valence-electron chi connectivity index (χ0n) is 8.58. The van der Waals surface area contributed by atoms with Gasteiger partial charge in [0.15, 0.2) is 0 Å². The fourth-order valence-electron chi connectivity index (χ4n) is 2.21. The lowest BCUT2D eigenvalue weighted by Gasteiger charge is -2.22. The first-order valence-electron chi connectivity index (χ1n) is 5.26. The molecule has 84 valence electrons. The Morgan fingerprint density at radius 1 is 1.13 bits per heavy atom. The molecule has 1 saturated carbocycles. The van der Waals surface area contributed by atoms with Crippen LogP contribution in [0.15, 0.2) is 22.7 Å². The molecule has 0 bridgehead atoms. The predicted molar refractivity (Wildman–Crippen MR) is 72.0 cm³/mol. The van der Waals surface area contributed by atoms with Crippen molar-refractivity contribution in [3.63, 3.8) is 0 Å². The van der Waals surface area contributed by atoms with Gasteiger partial charge in [-0.2, -0.15) is 0 Å². The minimum absolute atomic E-state index is 0. The molecular weight excluding hydrogens is 320 g/mol. The zero-order valence-corrected chi connectivity index (χ0v) is 11.9. The topological polar surface area (TPSA) is 20.2 Å². The van der Waals surface area contributed by atoms with Crippen molar-refractivity contribution < 1.29 is 5.11 Å². The summed E-state index contributed by atoms with van der Waals surface area (Å²) < 4.78 is 0.820. The molecule has 1 fully saturated rings. The molecular formula is C12H16Br2O. The van der Waals surface area contributed by atoms with E-state index in [1.165, 1.54) is 37.7 Å². The van der Waals surface area contributed by atoms with Crippen LogP contribution in [0.5, 0.6) is 5.75 Å². The third kappa shape index (κ3) is 3.22. The number of phenols is 1. The van der Waals surface area contributed by atoms with Gasteiger partial charge in [-0.3, -0.25) is 0 Å². The van der Waals surface area contributed by atoms with Crippen LogP contribution in [0.3, 0.4) is 0 Å². The van der Waals surface area contributed by atoms with Gasteiger partial charge in [0.1, 0.15) is 5.75 Å². The molecule has 1 N–H and O–H groups in total. The molecule has 0 aliphatic heterocycles. The molecule has 2 rings (SSSR count). The fraction of sp³-hybridized carbons (Fsp3) is 0.500. The molecule has 0 radical (unpaired) electrons. The summed E-state index contributed by atoms with van der Waals surface area (Å²) in [7, 11) is 0. The van der Waals surface area contributed by atoms with Crippen LogP contribution in [-0.4, -0.2) is 5.11 Å². The van der Waals surface area contributed by atoms with E-state index in [4.69, 9.17) is 0 Å². The van der Waals surface area contributed by atoms with Crippen molar-refractivity contribution in [1.29, 1.82) is 0 Å². The molecule has 1 nitrogen and oxygen atoms in total. The maximum absolute atomic E-state index is 9.40. The summed E-state index contributed by atoms with van der Waals surface area (Å²) in [4.78, 5) is 0. The van der Waals surface area contributed by atoms with E-state index in [1.54, 1.807) is 6.07 Å². The molecule has 0 amide bonds. The molecule has 0 heterocycles. The lowest BCUT2D eigenvalue weighted by molar-refractivity contribution is 0.441. The number of phenolic OH excluding ortho intramolecular Hbond substituents is 1. The van der Waals surface area contributed by atoms with Gasteiger partial charge in [-0.15, -0.1) is 17.0 Å². The summed E-state index contributed by atoms with van der Waals surface area (Å²) in [5.41, 5.74) is 1.37. The van der Waals surface area contributed by atoms with E-state index in [9.17, 15) is 5.11 Å². The zero-order chi connectivity index (χ0) is 9.97. The van der Waals surface area contributed by atoms with Gasteiger partial charge in [0.2, 0.25) is 0 Å². The van der Waals surface area contributed by atoms with Gasteiger partial charge >= 0.3 is 0 Å². The van der Waals surface area contributed by atoms with E-state index in [1.807, 2.05) is 0 Å². The largest absolute Gasteiger partial charge is 0.507 e. The van der Waals surface area contributed by atoms with Crippen LogP contribution in [0.25, 0.3) is 0 Å². The average Bonchev–Trinajstić information content (AvgIpc) is 2.23. The maximum atomic E-state index is 9.40. The highest BCUT2D eigenvalue weighted by Gasteiger charge is 2.15. The molecule has 0 spiro atoms. The van der Waals surface area contributed by atoms with Crippen molar-refractivity contribution in [2.75, 3.05) is 0 Å². The Bertz CT molecular complexity index is 319. The predicted octanol–water partition coefficient (Wildman–Crippen LogP) is 4.78. The number of aromatic hydroxyl groups is 1. The summed E-state index contributed by atoms with van der Waals surface area (Å²) in [5, 5.41) is 9.40. The Hall–Kier alpha value is -0.0200. The quantitative estimate of drug-likeness (QED) is 0.783. The Morgan fingerprint density at radius 3 is 2.40 bits per heavy atom. The van der Waals surface area contributed by atoms with Crippen LogP contribution in [0.4, 0.5) is 0 Å². The lowest BCUT2D eigenvalue weighted by Crippen LogP contribution is -2.04. The highest BCUT2D eigenvalue weighted by atomic mass is 79.9. The van der Waals surface area contributed by atoms with Gasteiger partial charge in [-0.05, 0) is 52.4 Å². The highest BCUT2D eigenvalue weighted by Crippen LogP contribution is 2.35. The van der Waals surface area contributed by atoms with E-state index in [-0.39, 0.29) is 17.0 Å². The molecule has 0 aromatic heterocycles. The smallest absolute Gasteiger partial charge is 0.129 e. The molecule has 15 heavy (non-hydrogen) atoms. The van der Waals surface area contributed by atoms with Gasteiger partial charge in [-0.25, -0.2) is 0 Å². The van der Waals surface area contributed by atoms with E-state index in [0.29, 0.717) is 11.7 Å². The number of hydrogen-bond donors (Lipinski definition) is 1. The second-order valence-electron chi connectivity index (χ2n) is 4.05. The van der Waals surface area contributed by atoms with Crippen LogP contribution >= 0.6 is 32.9 Å². The summed E-state index contributed by atoms with van der Waals surface area (Å²) in [6, 6.07) is 5.90. The minimum atomic E-state index is 0. The third-order valence-corrected chi connectivity index (χ3v) is 3.68. The van der Waals surface area contributed by atoms with Crippen molar-refractivity contribution in [2.24, 2.45) is 0 Å². The van der Waals surface area contributed by atoms with Crippen LogP contribution in [0.2, 0.25) is 0 Å². The van der Waals surface area contributed by atoms with Crippen molar-refractivity contribution in [2.45, 2.75) is 38.0 Å². The molecule has 3 heteroatoms. The van der Waals surface area contributed by atoms with Crippen LogP contribution in [-0.2, 0) is 0 Å². The molecule has 1 aromatic rings. The van der Waals surface area contributed by atoms with Gasteiger partial charge in [0, 0.05) is 0 Å². The van der Waals surface area contributed by atoms with Gasteiger partial charge < -0.3 is 5.11 Å². The van der Waals surface area contributed by atoms with Crippen molar-refractivity contribution >= 4 is 32.9 Å². The molecule has 1 aliphatic carbocycles. The number of rotatable bonds is 1. The average molecular weight is 336 g/mol. The molecule has 0 atom stereocenters. The first-order chi connectivity index (χ1) is 6.77. The van der Waals surface area contributed by atoms with Crippen molar-refractivity contribution in [1.82, 2.24) is 0 Å². The fourth-order valence-corrected chi connectivity index (χ4v) is 2.61. The normalized spacial score (nSPS) is 17.1. The summed E-state index contributed by atoms with van der Waals surface area (Å²) in [5.74, 6) is 1.05. The Labute approximate surface area is 110 Å². The van der Waals surface area contributed by atoms with Crippen LogP contribution in [0.1, 0.15) is 43.6 Å². The monoisotopic (exact) mass is 334 g/mol. The van der Waals surface area contributed by atoms with E-state index in [2.05, 4.69) is 28.1 Å². The Balaban J connectivity index is 0.00000112. The van der Waals surface area contributed by atoms with E-state index in [0.717, 1.165) is 4.47 Å². The first-order valence-corrected chi connectivity index (χ1v) is 6.05. The molecule has 0 saturated heterocycles. The Kier molecular flexibility index (Phi) is 5.13. The SMILES string of the molecule is Br.Oc1ccc(C2CCCCC2)cc1Br. The summed E-state index contributed by atoms with van der Waals surface area (Å²) in [6.07, 6.45) is 6.69. The number of benzene rings is 1. The summed E-state index contributed by atoms with van der Waals surface area (Å²) >= 11 is 3.36. The highest BCUT2D eigenvalue weighted by molar-refractivity contribution is 9.10. The van der Waals surface area contributed by atoms with E-state index < -0.39 is 0 Å². The second kappa shape index (κ2) is 5.90. The van der Waals surface area contributed by atoms with Crippen LogP contribution in [0, 0.1) is 0 Å².